The Labute approximate surface area is 177 Å². The quantitative estimate of drug-likeness (QED) is 0.489. The Morgan fingerprint density at radius 3 is 2.71 bits per heavy atom. The van der Waals surface area contributed by atoms with Crippen molar-refractivity contribution < 1.29 is 13.7 Å². The van der Waals surface area contributed by atoms with Gasteiger partial charge in [0.1, 0.15) is 23.8 Å². The molecule has 0 bridgehead atoms. The maximum absolute atomic E-state index is 11.5. The first-order valence-corrected chi connectivity index (χ1v) is 9.72. The summed E-state index contributed by atoms with van der Waals surface area (Å²) in [7, 11) is 0. The van der Waals surface area contributed by atoms with Gasteiger partial charge in [-0.15, -0.1) is 4.74 Å². The number of rotatable bonds is 7. The first-order valence-electron chi connectivity index (χ1n) is 9.72. The van der Waals surface area contributed by atoms with Gasteiger partial charge in [-0.1, -0.05) is 36.4 Å². The zero-order valence-electron chi connectivity index (χ0n) is 17.1. The van der Waals surface area contributed by atoms with Crippen molar-refractivity contribution in [2.24, 2.45) is 0 Å². The standard InChI is InChI=1S/C23H21N3O5/c1-15(11-12-26-22(27)25-23(28)31-26)18-9-6-10-19(13-18)29-14-20-16(2)30-21(24-20)17-7-4-3-5-8-17/h3-11,13H,12,14H2,1-2H3,(H,25,27,28)/b15-11+. The van der Waals surface area contributed by atoms with Crippen LogP contribution in [0.1, 0.15) is 23.9 Å². The summed E-state index contributed by atoms with van der Waals surface area (Å²) in [5, 5.41) is 0. The Kier molecular flexibility index (Phi) is 5.70. The van der Waals surface area contributed by atoms with Crippen molar-refractivity contribution in [3.8, 4) is 17.2 Å². The molecule has 0 atom stereocenters. The van der Waals surface area contributed by atoms with Crippen molar-refractivity contribution in [1.82, 2.24) is 14.7 Å². The van der Waals surface area contributed by atoms with Crippen LogP contribution in [-0.2, 0) is 13.2 Å². The van der Waals surface area contributed by atoms with Crippen LogP contribution in [0, 0.1) is 6.92 Å². The number of H-pyrrole nitrogens is 1. The van der Waals surface area contributed by atoms with E-state index in [1.165, 1.54) is 0 Å². The topological polar surface area (TPSA) is 103 Å². The van der Waals surface area contributed by atoms with Gasteiger partial charge in [-0.3, -0.25) is 0 Å². The highest BCUT2D eigenvalue weighted by molar-refractivity contribution is 5.64. The minimum absolute atomic E-state index is 0.148. The predicted molar refractivity (Wildman–Crippen MR) is 115 cm³/mol. The molecule has 8 nitrogen and oxygen atoms in total. The van der Waals surface area contributed by atoms with Gasteiger partial charge in [0, 0.05) is 5.56 Å². The van der Waals surface area contributed by atoms with Crippen LogP contribution in [0.15, 0.2) is 79.2 Å². The summed E-state index contributed by atoms with van der Waals surface area (Å²) >= 11 is 0. The van der Waals surface area contributed by atoms with Gasteiger partial charge < -0.3 is 13.7 Å². The predicted octanol–water partition coefficient (Wildman–Crippen LogP) is 3.78. The Morgan fingerprint density at radius 1 is 1.16 bits per heavy atom. The number of benzene rings is 2. The number of nitrogens with one attached hydrogen (secondary N) is 1. The van der Waals surface area contributed by atoms with Crippen LogP contribution < -0.4 is 16.2 Å². The smallest absolute Gasteiger partial charge is 0.440 e. The van der Waals surface area contributed by atoms with Gasteiger partial charge in [0.05, 0.1) is 6.54 Å². The summed E-state index contributed by atoms with van der Waals surface area (Å²) in [5.74, 6) is 1.18. The highest BCUT2D eigenvalue weighted by Crippen LogP contribution is 2.24. The van der Waals surface area contributed by atoms with Crippen molar-refractivity contribution >= 4 is 5.57 Å². The van der Waals surface area contributed by atoms with Gasteiger partial charge in [0.2, 0.25) is 5.89 Å². The third-order valence-corrected chi connectivity index (χ3v) is 4.77. The van der Waals surface area contributed by atoms with E-state index in [0.717, 1.165) is 27.1 Å². The maximum atomic E-state index is 11.5. The third kappa shape index (κ3) is 4.75. The third-order valence-electron chi connectivity index (χ3n) is 4.77. The second-order valence-electron chi connectivity index (χ2n) is 6.96. The molecule has 2 aromatic carbocycles. The summed E-state index contributed by atoms with van der Waals surface area (Å²) < 4.78 is 17.4. The van der Waals surface area contributed by atoms with E-state index in [2.05, 4.69) is 9.97 Å². The van der Waals surface area contributed by atoms with Crippen molar-refractivity contribution in [1.29, 1.82) is 0 Å². The molecular formula is C23H21N3O5. The molecular weight excluding hydrogens is 398 g/mol. The summed E-state index contributed by atoms with van der Waals surface area (Å²) in [6, 6.07) is 17.3. The fourth-order valence-corrected chi connectivity index (χ4v) is 3.02. The molecule has 31 heavy (non-hydrogen) atoms. The average Bonchev–Trinajstić information content (AvgIpc) is 3.32. The van der Waals surface area contributed by atoms with Crippen molar-refractivity contribution in [2.75, 3.05) is 0 Å². The first-order chi connectivity index (χ1) is 15.0. The lowest BCUT2D eigenvalue weighted by molar-refractivity contribution is 0.261. The normalized spacial score (nSPS) is 11.6. The van der Waals surface area contributed by atoms with Crippen LogP contribution in [0.25, 0.3) is 17.0 Å². The Balaban J connectivity index is 1.45. The lowest BCUT2D eigenvalue weighted by Gasteiger charge is -2.08. The molecule has 0 aliphatic heterocycles. The van der Waals surface area contributed by atoms with E-state index in [0.29, 0.717) is 17.4 Å². The van der Waals surface area contributed by atoms with Gasteiger partial charge >= 0.3 is 11.4 Å². The molecule has 0 amide bonds. The summed E-state index contributed by atoms with van der Waals surface area (Å²) in [5.41, 5.74) is 2.90. The number of nitrogens with zero attached hydrogens (tertiary/aromatic N) is 2. The monoisotopic (exact) mass is 419 g/mol. The van der Waals surface area contributed by atoms with Crippen molar-refractivity contribution in [3.05, 3.63) is 98.7 Å². The van der Waals surface area contributed by atoms with Gasteiger partial charge in [0.25, 0.3) is 0 Å². The molecule has 2 heterocycles. The van der Waals surface area contributed by atoms with Crippen LogP contribution in [0.4, 0.5) is 0 Å². The number of aromatic amines is 1. The Bertz CT molecular complexity index is 1330. The van der Waals surface area contributed by atoms with Crippen LogP contribution in [0.5, 0.6) is 5.75 Å². The van der Waals surface area contributed by atoms with E-state index < -0.39 is 11.4 Å². The Morgan fingerprint density at radius 2 is 1.97 bits per heavy atom. The van der Waals surface area contributed by atoms with E-state index in [9.17, 15) is 9.59 Å². The molecule has 4 rings (SSSR count). The number of hydrogen-bond acceptors (Lipinski definition) is 6. The summed E-state index contributed by atoms with van der Waals surface area (Å²) in [4.78, 5) is 29.2. The van der Waals surface area contributed by atoms with Crippen LogP contribution >= 0.6 is 0 Å². The van der Waals surface area contributed by atoms with E-state index in [-0.39, 0.29) is 13.2 Å². The van der Waals surface area contributed by atoms with E-state index >= 15 is 0 Å². The SMILES string of the molecule is C/C(=C\Cn1oc(=O)[nH]c1=O)c1cccc(OCc2nc(-c3ccccc3)oc2C)c1. The van der Waals surface area contributed by atoms with Gasteiger partial charge in [-0.05, 0) is 49.2 Å². The number of hydrogen-bond donors (Lipinski definition) is 1. The summed E-state index contributed by atoms with van der Waals surface area (Å²) in [6.45, 7) is 4.19. The largest absolute Gasteiger partial charge is 0.487 e. The minimum atomic E-state index is -0.773. The lowest BCUT2D eigenvalue weighted by atomic mass is 10.1. The number of oxazole rings is 1. The molecule has 4 aromatic rings. The van der Waals surface area contributed by atoms with Crippen LogP contribution in [-0.4, -0.2) is 14.7 Å². The molecule has 0 spiro atoms. The molecule has 2 aromatic heterocycles. The van der Waals surface area contributed by atoms with Gasteiger partial charge in [-0.25, -0.2) is 19.6 Å². The molecule has 1 N–H and O–H groups in total. The molecule has 0 saturated heterocycles. The van der Waals surface area contributed by atoms with Crippen molar-refractivity contribution in [2.45, 2.75) is 27.0 Å². The number of ether oxygens (including phenoxy) is 1. The molecule has 0 unspecified atom stereocenters. The van der Waals surface area contributed by atoms with Gasteiger partial charge in [0.15, 0.2) is 0 Å². The number of aryl methyl sites for hydroxylation is 1. The van der Waals surface area contributed by atoms with Crippen LogP contribution in [0.2, 0.25) is 0 Å². The molecule has 0 aliphatic carbocycles. The molecule has 158 valence electrons. The zero-order chi connectivity index (χ0) is 21.8. The fourth-order valence-electron chi connectivity index (χ4n) is 3.02. The zero-order valence-corrected chi connectivity index (χ0v) is 17.1. The highest BCUT2D eigenvalue weighted by Gasteiger charge is 2.12. The maximum Gasteiger partial charge on any atom is 0.440 e. The summed E-state index contributed by atoms with van der Waals surface area (Å²) in [6.07, 6.45) is 1.80. The van der Waals surface area contributed by atoms with Crippen molar-refractivity contribution in [3.63, 3.8) is 0 Å². The number of aromatic nitrogens is 3. The average molecular weight is 419 g/mol. The highest BCUT2D eigenvalue weighted by atomic mass is 16.5. The second-order valence-corrected chi connectivity index (χ2v) is 6.96. The number of allylic oxidation sites excluding steroid dienone is 2. The minimum Gasteiger partial charge on any atom is -0.487 e. The second kappa shape index (κ2) is 8.74. The Hall–Kier alpha value is -4.07. The molecule has 0 radical (unpaired) electrons. The van der Waals surface area contributed by atoms with Gasteiger partial charge in [-0.2, -0.15) is 0 Å². The molecule has 0 aliphatic rings. The molecule has 0 saturated carbocycles. The molecule has 8 heteroatoms. The lowest BCUT2D eigenvalue weighted by Crippen LogP contribution is -2.15. The first kappa shape index (κ1) is 20.2. The molecule has 0 fully saturated rings. The van der Waals surface area contributed by atoms with Crippen LogP contribution in [0.3, 0.4) is 0 Å². The van der Waals surface area contributed by atoms with E-state index in [1.54, 1.807) is 6.08 Å². The fraction of sp³-hybridized carbons (Fsp3) is 0.174. The van der Waals surface area contributed by atoms with E-state index in [1.807, 2.05) is 68.4 Å². The van der Waals surface area contributed by atoms with E-state index in [4.69, 9.17) is 13.7 Å².